The molecule has 1 aliphatic rings. The average molecular weight is 379 g/mol. The van der Waals surface area contributed by atoms with Crippen LogP contribution in [-0.4, -0.2) is 48.5 Å². The molecular formula is C22H25N3O3. The predicted molar refractivity (Wildman–Crippen MR) is 110 cm³/mol. The van der Waals surface area contributed by atoms with Crippen LogP contribution in [-0.2, 0) is 4.79 Å². The molecule has 1 atom stereocenters. The van der Waals surface area contributed by atoms with Gasteiger partial charge in [-0.25, -0.2) is 0 Å². The van der Waals surface area contributed by atoms with Crippen LogP contribution in [0, 0.1) is 11.3 Å². The Kier molecular flexibility index (Phi) is 6.64. The van der Waals surface area contributed by atoms with Crippen molar-refractivity contribution in [3.05, 3.63) is 47.5 Å². The lowest BCUT2D eigenvalue weighted by Gasteiger charge is -2.30. The van der Waals surface area contributed by atoms with E-state index in [4.69, 9.17) is 5.11 Å². The number of fused-ring (bicyclic) bond motifs is 1. The molecule has 2 aromatic carbocycles. The highest BCUT2D eigenvalue weighted by atomic mass is 16.3. The van der Waals surface area contributed by atoms with Gasteiger partial charge < -0.3 is 20.4 Å². The van der Waals surface area contributed by atoms with Gasteiger partial charge in [0.15, 0.2) is 0 Å². The van der Waals surface area contributed by atoms with E-state index < -0.39 is 18.6 Å². The molecule has 6 heteroatoms. The Hall–Kier alpha value is -2.88. The minimum Gasteiger partial charge on any atom is -0.394 e. The molecule has 1 unspecified atom stereocenters. The summed E-state index contributed by atoms with van der Waals surface area (Å²) in [6.45, 7) is 1.53. The molecule has 0 bridgehead atoms. The number of aliphatic hydroxyl groups excluding tert-OH is 2. The van der Waals surface area contributed by atoms with Crippen molar-refractivity contribution >= 4 is 28.4 Å². The lowest BCUT2D eigenvalue weighted by atomic mass is 10.0. The third-order valence-electron chi connectivity index (χ3n) is 4.97. The van der Waals surface area contributed by atoms with Crippen LogP contribution in [0.25, 0.3) is 16.8 Å². The number of aliphatic hydroxyl groups is 2. The van der Waals surface area contributed by atoms with Crippen LogP contribution in [0.4, 0.5) is 5.69 Å². The molecule has 0 spiro atoms. The maximum Gasteiger partial charge on any atom is 0.262 e. The zero-order chi connectivity index (χ0) is 19.9. The Balaban J connectivity index is 1.89. The third kappa shape index (κ3) is 4.69. The van der Waals surface area contributed by atoms with Crippen LogP contribution in [0.3, 0.4) is 0 Å². The first-order valence-electron chi connectivity index (χ1n) is 9.59. The molecule has 3 N–H and O–H groups in total. The number of hydrogen-bond donors (Lipinski definition) is 3. The van der Waals surface area contributed by atoms with E-state index in [2.05, 4.69) is 28.4 Å². The lowest BCUT2D eigenvalue weighted by molar-refractivity contribution is -0.117. The molecule has 1 fully saturated rings. The van der Waals surface area contributed by atoms with Gasteiger partial charge >= 0.3 is 0 Å². The van der Waals surface area contributed by atoms with Crippen LogP contribution in [0.15, 0.2) is 42.0 Å². The standard InChI is InChI=1S/C22H25N3O3/c23-13-18(22(28)24-14-19(27)15-26)11-16-7-8-17-5-4-6-21(20(17)12-16)25-9-2-1-3-10-25/h4-8,11-12,19,26-27H,1-3,9-10,14-15H2,(H,24,28)/b18-11+. The molecule has 1 aliphatic heterocycles. The molecule has 3 rings (SSSR count). The van der Waals surface area contributed by atoms with Crippen LogP contribution in [0.5, 0.6) is 0 Å². The molecule has 2 aromatic rings. The third-order valence-corrected chi connectivity index (χ3v) is 4.97. The normalized spacial score (nSPS) is 15.9. The quantitative estimate of drug-likeness (QED) is 0.528. The number of carbonyl (C=O) groups excluding carboxylic acids is 1. The molecule has 0 aliphatic carbocycles. The van der Waals surface area contributed by atoms with E-state index in [1.165, 1.54) is 24.9 Å². The summed E-state index contributed by atoms with van der Waals surface area (Å²) in [6, 6.07) is 14.0. The van der Waals surface area contributed by atoms with E-state index in [1.54, 1.807) is 6.08 Å². The second kappa shape index (κ2) is 9.36. The molecule has 1 heterocycles. The molecule has 1 amide bonds. The van der Waals surface area contributed by atoms with E-state index in [9.17, 15) is 15.2 Å². The summed E-state index contributed by atoms with van der Waals surface area (Å²) >= 11 is 0. The van der Waals surface area contributed by atoms with Crippen LogP contribution in [0.1, 0.15) is 24.8 Å². The zero-order valence-corrected chi connectivity index (χ0v) is 15.8. The Morgan fingerprint density at radius 3 is 2.75 bits per heavy atom. The first-order valence-corrected chi connectivity index (χ1v) is 9.59. The van der Waals surface area contributed by atoms with Gasteiger partial charge in [0, 0.05) is 30.7 Å². The maximum absolute atomic E-state index is 12.2. The van der Waals surface area contributed by atoms with Gasteiger partial charge in [0.25, 0.3) is 5.91 Å². The Bertz CT molecular complexity index is 911. The average Bonchev–Trinajstić information content (AvgIpc) is 2.75. The summed E-state index contributed by atoms with van der Waals surface area (Å²) in [5.41, 5.74) is 1.91. The number of hydrogen-bond acceptors (Lipinski definition) is 5. The van der Waals surface area contributed by atoms with Gasteiger partial charge in [-0.1, -0.05) is 24.3 Å². The molecule has 1 saturated heterocycles. The van der Waals surface area contributed by atoms with Gasteiger partial charge in [0.2, 0.25) is 0 Å². The van der Waals surface area contributed by atoms with Crippen molar-refractivity contribution in [2.24, 2.45) is 0 Å². The summed E-state index contributed by atoms with van der Waals surface area (Å²) < 4.78 is 0. The minimum absolute atomic E-state index is 0.0417. The van der Waals surface area contributed by atoms with Gasteiger partial charge in [-0.3, -0.25) is 4.79 Å². The van der Waals surface area contributed by atoms with Gasteiger partial charge in [-0.2, -0.15) is 5.26 Å². The monoisotopic (exact) mass is 379 g/mol. The Morgan fingerprint density at radius 2 is 2.04 bits per heavy atom. The molecular weight excluding hydrogens is 354 g/mol. The van der Waals surface area contributed by atoms with E-state index in [0.717, 1.165) is 29.4 Å². The largest absolute Gasteiger partial charge is 0.394 e. The molecule has 0 saturated carbocycles. The lowest BCUT2D eigenvalue weighted by Crippen LogP contribution is -2.34. The fourth-order valence-corrected chi connectivity index (χ4v) is 3.46. The Labute approximate surface area is 164 Å². The number of carbonyl (C=O) groups is 1. The van der Waals surface area contributed by atoms with E-state index in [-0.39, 0.29) is 12.1 Å². The summed E-state index contributed by atoms with van der Waals surface area (Å²) in [5, 5.41) is 32.2. The highest BCUT2D eigenvalue weighted by molar-refractivity contribution is 6.03. The van der Waals surface area contributed by atoms with Crippen molar-refractivity contribution in [1.29, 1.82) is 5.26 Å². The van der Waals surface area contributed by atoms with Crippen molar-refractivity contribution in [2.75, 3.05) is 31.1 Å². The van der Waals surface area contributed by atoms with Crippen molar-refractivity contribution in [1.82, 2.24) is 5.32 Å². The van der Waals surface area contributed by atoms with E-state index >= 15 is 0 Å². The van der Waals surface area contributed by atoms with Crippen molar-refractivity contribution in [3.8, 4) is 6.07 Å². The highest BCUT2D eigenvalue weighted by Gasteiger charge is 2.14. The van der Waals surface area contributed by atoms with Gasteiger partial charge in [0.05, 0.1) is 12.7 Å². The smallest absolute Gasteiger partial charge is 0.262 e. The van der Waals surface area contributed by atoms with E-state index in [1.807, 2.05) is 24.3 Å². The summed E-state index contributed by atoms with van der Waals surface area (Å²) in [5.74, 6) is -0.570. The maximum atomic E-state index is 12.2. The van der Waals surface area contributed by atoms with Crippen LogP contribution in [0.2, 0.25) is 0 Å². The minimum atomic E-state index is -1.04. The van der Waals surface area contributed by atoms with Crippen molar-refractivity contribution in [3.63, 3.8) is 0 Å². The summed E-state index contributed by atoms with van der Waals surface area (Å²) in [7, 11) is 0. The summed E-state index contributed by atoms with van der Waals surface area (Å²) in [6.07, 6.45) is 4.15. The highest BCUT2D eigenvalue weighted by Crippen LogP contribution is 2.30. The predicted octanol–water partition coefficient (Wildman–Crippen LogP) is 2.21. The number of benzene rings is 2. The molecule has 28 heavy (non-hydrogen) atoms. The van der Waals surface area contributed by atoms with Gasteiger partial charge in [-0.05, 0) is 48.4 Å². The second-order valence-corrected chi connectivity index (χ2v) is 7.02. The molecule has 0 aromatic heterocycles. The number of piperidine rings is 1. The number of nitriles is 1. The van der Waals surface area contributed by atoms with Gasteiger partial charge in [0.1, 0.15) is 11.6 Å². The fourth-order valence-electron chi connectivity index (χ4n) is 3.46. The van der Waals surface area contributed by atoms with Gasteiger partial charge in [-0.15, -0.1) is 0 Å². The van der Waals surface area contributed by atoms with E-state index in [0.29, 0.717) is 0 Å². The second-order valence-electron chi connectivity index (χ2n) is 7.02. The topological polar surface area (TPSA) is 96.6 Å². The number of nitrogens with zero attached hydrogens (tertiary/aromatic N) is 2. The first-order chi connectivity index (χ1) is 13.6. The van der Waals surface area contributed by atoms with Crippen LogP contribution >= 0.6 is 0 Å². The fraction of sp³-hybridized carbons (Fsp3) is 0.364. The van der Waals surface area contributed by atoms with Crippen LogP contribution < -0.4 is 10.2 Å². The molecule has 6 nitrogen and oxygen atoms in total. The summed E-state index contributed by atoms with van der Waals surface area (Å²) in [4.78, 5) is 14.6. The van der Waals surface area contributed by atoms with Crippen molar-refractivity contribution < 1.29 is 15.0 Å². The Morgan fingerprint density at radius 1 is 1.25 bits per heavy atom. The molecule has 0 radical (unpaired) electrons. The SMILES string of the molecule is N#C/C(=C\c1ccc2cccc(N3CCCCC3)c2c1)C(=O)NCC(O)CO. The number of nitrogens with one attached hydrogen (secondary N) is 1. The zero-order valence-electron chi connectivity index (χ0n) is 15.8. The first kappa shape index (κ1) is 19.9. The van der Waals surface area contributed by atoms with Crippen molar-refractivity contribution in [2.45, 2.75) is 25.4 Å². The number of anilines is 1. The number of amides is 1. The molecule has 146 valence electrons. The number of rotatable bonds is 6.